The maximum atomic E-state index is 13.9. The molecule has 0 aliphatic carbocycles. The van der Waals surface area contributed by atoms with Gasteiger partial charge in [-0.25, -0.2) is 9.18 Å². The van der Waals surface area contributed by atoms with Gasteiger partial charge in [-0.2, -0.15) is 0 Å². The topological polar surface area (TPSA) is 40.5 Å². The van der Waals surface area contributed by atoms with Crippen molar-refractivity contribution < 1.29 is 14.3 Å². The van der Waals surface area contributed by atoms with Crippen LogP contribution in [0.3, 0.4) is 0 Å². The van der Waals surface area contributed by atoms with Gasteiger partial charge >= 0.3 is 5.97 Å². The number of benzene rings is 1. The van der Waals surface area contributed by atoms with Crippen LogP contribution >= 0.6 is 0 Å². The molecule has 1 aliphatic rings. The molecule has 0 bridgehead atoms. The number of carboxylic acids is 1. The second kappa shape index (κ2) is 4.37. The highest BCUT2D eigenvalue weighted by atomic mass is 19.1. The number of aromatic carboxylic acids is 1. The molecule has 102 valence electrons. The van der Waals surface area contributed by atoms with E-state index in [0.29, 0.717) is 0 Å². The van der Waals surface area contributed by atoms with Crippen molar-refractivity contribution in [1.82, 2.24) is 0 Å². The number of likely N-dealkylation sites (N-methyl/N-ethyl adjacent to an activating group) is 1. The SMILES string of the molecule is CCN1c2cc(F)c(C(=O)O)cc2C(C)=CC1(C)C. The quantitative estimate of drug-likeness (QED) is 0.887. The molecule has 1 aromatic carbocycles. The van der Waals surface area contributed by atoms with E-state index in [1.165, 1.54) is 12.1 Å². The summed E-state index contributed by atoms with van der Waals surface area (Å²) in [6.07, 6.45) is 2.09. The Hall–Kier alpha value is -1.84. The Balaban J connectivity index is 2.70. The van der Waals surface area contributed by atoms with Crippen molar-refractivity contribution in [3.8, 4) is 0 Å². The van der Waals surface area contributed by atoms with Crippen LogP contribution in [-0.4, -0.2) is 23.2 Å². The van der Waals surface area contributed by atoms with Gasteiger partial charge in [-0.3, -0.25) is 0 Å². The van der Waals surface area contributed by atoms with Crippen molar-refractivity contribution in [1.29, 1.82) is 0 Å². The van der Waals surface area contributed by atoms with Gasteiger partial charge in [0.25, 0.3) is 0 Å². The van der Waals surface area contributed by atoms with E-state index < -0.39 is 11.8 Å². The summed E-state index contributed by atoms with van der Waals surface area (Å²) < 4.78 is 13.9. The Bertz CT molecular complexity index is 576. The van der Waals surface area contributed by atoms with E-state index in [0.717, 1.165) is 23.4 Å². The number of halogens is 1. The van der Waals surface area contributed by atoms with Gasteiger partial charge in [-0.15, -0.1) is 0 Å². The number of carboxylic acid groups (broad SMARTS) is 1. The molecule has 0 saturated heterocycles. The average molecular weight is 263 g/mol. The Morgan fingerprint density at radius 3 is 2.58 bits per heavy atom. The lowest BCUT2D eigenvalue weighted by atomic mass is 9.88. The summed E-state index contributed by atoms with van der Waals surface area (Å²) >= 11 is 0. The fraction of sp³-hybridized carbons (Fsp3) is 0.400. The lowest BCUT2D eigenvalue weighted by Crippen LogP contribution is -2.45. The van der Waals surface area contributed by atoms with Crippen LogP contribution in [0.2, 0.25) is 0 Å². The molecule has 0 amide bonds. The van der Waals surface area contributed by atoms with Gasteiger partial charge in [0, 0.05) is 17.8 Å². The molecule has 0 aromatic heterocycles. The molecule has 4 heteroatoms. The van der Waals surface area contributed by atoms with Gasteiger partial charge < -0.3 is 10.0 Å². The summed E-state index contributed by atoms with van der Waals surface area (Å²) in [5.41, 5.74) is 2.05. The fourth-order valence-electron chi connectivity index (χ4n) is 2.84. The van der Waals surface area contributed by atoms with Gasteiger partial charge in [0.05, 0.1) is 11.1 Å². The zero-order valence-corrected chi connectivity index (χ0v) is 11.6. The lowest BCUT2D eigenvalue weighted by Gasteiger charge is -2.42. The fourth-order valence-corrected chi connectivity index (χ4v) is 2.84. The number of anilines is 1. The third-order valence-electron chi connectivity index (χ3n) is 3.61. The second-order valence-corrected chi connectivity index (χ2v) is 5.38. The highest BCUT2D eigenvalue weighted by molar-refractivity contribution is 5.92. The van der Waals surface area contributed by atoms with E-state index >= 15 is 0 Å². The van der Waals surface area contributed by atoms with Crippen molar-refractivity contribution in [2.45, 2.75) is 33.2 Å². The molecule has 0 unspecified atom stereocenters. The van der Waals surface area contributed by atoms with E-state index in [-0.39, 0.29) is 11.1 Å². The van der Waals surface area contributed by atoms with Crippen molar-refractivity contribution in [2.24, 2.45) is 0 Å². The zero-order valence-electron chi connectivity index (χ0n) is 11.6. The number of fused-ring (bicyclic) bond motifs is 1. The summed E-state index contributed by atoms with van der Waals surface area (Å²) in [6, 6.07) is 2.76. The van der Waals surface area contributed by atoms with Gasteiger partial charge in [0.15, 0.2) is 0 Å². The lowest BCUT2D eigenvalue weighted by molar-refractivity contribution is 0.0692. The summed E-state index contributed by atoms with van der Waals surface area (Å²) in [5, 5.41) is 9.01. The highest BCUT2D eigenvalue weighted by Gasteiger charge is 2.31. The number of nitrogens with zero attached hydrogens (tertiary/aromatic N) is 1. The first-order chi connectivity index (χ1) is 8.77. The Labute approximate surface area is 112 Å². The van der Waals surface area contributed by atoms with Crippen molar-refractivity contribution in [3.05, 3.63) is 35.2 Å². The molecular weight excluding hydrogens is 245 g/mol. The molecule has 1 heterocycles. The zero-order chi connectivity index (χ0) is 14.4. The summed E-state index contributed by atoms with van der Waals surface area (Å²) in [5.74, 6) is -1.92. The Morgan fingerprint density at radius 2 is 2.05 bits per heavy atom. The first-order valence-corrected chi connectivity index (χ1v) is 6.32. The largest absolute Gasteiger partial charge is 0.478 e. The molecule has 1 aromatic rings. The second-order valence-electron chi connectivity index (χ2n) is 5.38. The third kappa shape index (κ3) is 2.11. The van der Waals surface area contributed by atoms with Crippen molar-refractivity contribution in [3.63, 3.8) is 0 Å². The van der Waals surface area contributed by atoms with Crippen LogP contribution in [0.4, 0.5) is 10.1 Å². The van der Waals surface area contributed by atoms with Crippen LogP contribution in [0.5, 0.6) is 0 Å². The predicted octanol–water partition coefficient (Wildman–Crippen LogP) is 3.55. The standard InChI is InChI=1S/C15H18FNO2/c1-5-17-13-7-12(16)11(14(18)19)6-10(13)9(2)8-15(17,3)4/h6-8H,5H2,1-4H3,(H,18,19). The number of hydrogen-bond acceptors (Lipinski definition) is 2. The minimum atomic E-state index is -1.24. The minimum Gasteiger partial charge on any atom is -0.478 e. The third-order valence-corrected chi connectivity index (χ3v) is 3.61. The van der Waals surface area contributed by atoms with Crippen LogP contribution in [0.25, 0.3) is 5.57 Å². The van der Waals surface area contributed by atoms with E-state index in [2.05, 4.69) is 24.8 Å². The van der Waals surface area contributed by atoms with Crippen LogP contribution < -0.4 is 4.90 Å². The first kappa shape index (κ1) is 13.6. The number of hydrogen-bond donors (Lipinski definition) is 1. The molecule has 0 fully saturated rings. The molecule has 0 spiro atoms. The van der Waals surface area contributed by atoms with E-state index in [1.54, 1.807) is 0 Å². The molecule has 1 N–H and O–H groups in total. The van der Waals surface area contributed by atoms with Crippen LogP contribution in [0.15, 0.2) is 18.2 Å². The predicted molar refractivity (Wildman–Crippen MR) is 74.1 cm³/mol. The summed E-state index contributed by atoms with van der Waals surface area (Å²) in [6.45, 7) is 8.79. The maximum absolute atomic E-state index is 13.9. The molecule has 0 radical (unpaired) electrons. The van der Waals surface area contributed by atoms with E-state index in [4.69, 9.17) is 5.11 Å². The van der Waals surface area contributed by atoms with Gasteiger partial charge in [-0.1, -0.05) is 6.08 Å². The number of allylic oxidation sites excluding steroid dienone is 1. The monoisotopic (exact) mass is 263 g/mol. The van der Waals surface area contributed by atoms with Crippen LogP contribution in [0.1, 0.15) is 43.6 Å². The minimum absolute atomic E-state index is 0.205. The van der Waals surface area contributed by atoms with Gasteiger partial charge in [-0.05, 0) is 45.4 Å². The average Bonchev–Trinajstić information content (AvgIpc) is 2.26. The smallest absolute Gasteiger partial charge is 0.338 e. The molecule has 0 atom stereocenters. The van der Waals surface area contributed by atoms with Crippen LogP contribution in [-0.2, 0) is 0 Å². The van der Waals surface area contributed by atoms with Crippen LogP contribution in [0, 0.1) is 5.82 Å². The molecular formula is C15H18FNO2. The van der Waals surface area contributed by atoms with E-state index in [1.807, 2.05) is 13.8 Å². The van der Waals surface area contributed by atoms with E-state index in [9.17, 15) is 9.18 Å². The highest BCUT2D eigenvalue weighted by Crippen LogP contribution is 2.39. The summed E-state index contributed by atoms with van der Waals surface area (Å²) in [4.78, 5) is 13.1. The number of carbonyl (C=O) groups is 1. The first-order valence-electron chi connectivity index (χ1n) is 6.32. The normalized spacial score (nSPS) is 16.9. The van der Waals surface area contributed by atoms with Gasteiger partial charge in [0.1, 0.15) is 5.82 Å². The van der Waals surface area contributed by atoms with Crippen molar-refractivity contribution in [2.75, 3.05) is 11.4 Å². The molecule has 0 saturated carbocycles. The van der Waals surface area contributed by atoms with Gasteiger partial charge in [0.2, 0.25) is 0 Å². The molecule has 2 rings (SSSR count). The number of rotatable bonds is 2. The van der Waals surface area contributed by atoms with Crippen molar-refractivity contribution >= 4 is 17.2 Å². The Kier molecular flexibility index (Phi) is 3.12. The Morgan fingerprint density at radius 1 is 1.42 bits per heavy atom. The molecule has 3 nitrogen and oxygen atoms in total. The molecule has 19 heavy (non-hydrogen) atoms. The maximum Gasteiger partial charge on any atom is 0.338 e. The molecule has 1 aliphatic heterocycles. The summed E-state index contributed by atoms with van der Waals surface area (Å²) in [7, 11) is 0.